The van der Waals surface area contributed by atoms with Crippen molar-refractivity contribution in [3.63, 3.8) is 0 Å². The molecule has 0 aliphatic rings. The van der Waals surface area contributed by atoms with Crippen LogP contribution in [0, 0.1) is 12.8 Å². The van der Waals surface area contributed by atoms with Crippen LogP contribution in [0.5, 0.6) is 0 Å². The number of carbonyl (C=O) groups is 1. The fourth-order valence-electron chi connectivity index (χ4n) is 2.66. The molecule has 1 N–H and O–H groups in total. The number of rotatable bonds is 6. The van der Waals surface area contributed by atoms with E-state index in [1.807, 2.05) is 68.8 Å². The second kappa shape index (κ2) is 7.77. The molecule has 0 radical (unpaired) electrons. The fourth-order valence-corrected chi connectivity index (χ4v) is 2.66. The Morgan fingerprint density at radius 2 is 2.12 bits per heavy atom. The predicted molar refractivity (Wildman–Crippen MR) is 95.5 cm³/mol. The lowest BCUT2D eigenvalue weighted by Gasteiger charge is -2.04. The highest BCUT2D eigenvalue weighted by Gasteiger charge is 2.19. The number of carbonyl (C=O) groups excluding carboxylic acids is 1. The van der Waals surface area contributed by atoms with Crippen LogP contribution in [0.15, 0.2) is 49.0 Å². The summed E-state index contributed by atoms with van der Waals surface area (Å²) in [5, 5.41) is 9.66. The third-order valence-electron chi connectivity index (χ3n) is 3.81. The zero-order valence-corrected chi connectivity index (χ0v) is 14.7. The van der Waals surface area contributed by atoms with Gasteiger partial charge in [-0.1, -0.05) is 38.2 Å². The first-order valence-electron chi connectivity index (χ1n) is 8.19. The smallest absolute Gasteiger partial charge is 0.246 e. The summed E-state index contributed by atoms with van der Waals surface area (Å²) >= 11 is 0. The average Bonchev–Trinajstić information content (AvgIpc) is 2.84. The molecule has 0 unspecified atom stereocenters. The van der Waals surface area contributed by atoms with E-state index >= 15 is 0 Å². The first kappa shape index (κ1) is 17.7. The molecule has 0 aliphatic carbocycles. The first-order chi connectivity index (χ1) is 11.4. The molecule has 2 aromatic rings. The molecule has 0 spiro atoms. The van der Waals surface area contributed by atoms with Gasteiger partial charge in [-0.05, 0) is 25.8 Å². The quantitative estimate of drug-likeness (QED) is 0.376. The summed E-state index contributed by atoms with van der Waals surface area (Å²) in [5.74, 6) is 0.449. The zero-order chi connectivity index (χ0) is 17.7. The third-order valence-corrected chi connectivity index (χ3v) is 3.81. The zero-order valence-electron chi connectivity index (χ0n) is 14.7. The van der Waals surface area contributed by atoms with E-state index in [0.29, 0.717) is 12.3 Å². The van der Waals surface area contributed by atoms with Gasteiger partial charge in [0, 0.05) is 40.2 Å². The van der Waals surface area contributed by atoms with Gasteiger partial charge in [0.25, 0.3) is 0 Å². The minimum Gasteiger partial charge on any atom is -0.315 e. The Balaban J connectivity index is 2.56. The number of ketones is 1. The number of hydrogen-bond acceptors (Lipinski definition) is 2. The van der Waals surface area contributed by atoms with Crippen molar-refractivity contribution in [3.05, 3.63) is 65.8 Å². The van der Waals surface area contributed by atoms with Crippen LogP contribution in [0.1, 0.15) is 48.8 Å². The van der Waals surface area contributed by atoms with Gasteiger partial charge in [-0.3, -0.25) is 10.0 Å². The number of hydrogen-bond donors (Lipinski definition) is 1. The topological polar surface area (TPSA) is 46.1 Å². The van der Waals surface area contributed by atoms with Crippen LogP contribution in [0.3, 0.4) is 0 Å². The molecule has 4 heteroatoms. The minimum absolute atomic E-state index is 0.139. The van der Waals surface area contributed by atoms with Gasteiger partial charge in [0.05, 0.1) is 0 Å². The maximum absolute atomic E-state index is 12.7. The van der Waals surface area contributed by atoms with Crippen LogP contribution in [-0.2, 0) is 0 Å². The van der Waals surface area contributed by atoms with Gasteiger partial charge >= 0.3 is 0 Å². The summed E-state index contributed by atoms with van der Waals surface area (Å²) in [6.07, 6.45) is 13.4. The van der Waals surface area contributed by atoms with Gasteiger partial charge in [-0.25, -0.2) is 0 Å². The molecule has 2 heterocycles. The van der Waals surface area contributed by atoms with Crippen molar-refractivity contribution in [2.45, 2.75) is 34.1 Å². The van der Waals surface area contributed by atoms with E-state index in [-0.39, 0.29) is 5.78 Å². The highest BCUT2D eigenvalue weighted by atomic mass is 16.5. The van der Waals surface area contributed by atoms with Gasteiger partial charge < -0.3 is 4.57 Å². The highest BCUT2D eigenvalue weighted by molar-refractivity contribution is 6.00. The van der Waals surface area contributed by atoms with Crippen LogP contribution in [0.25, 0.3) is 11.8 Å². The average molecular weight is 325 g/mol. The number of Topliss-reactive ketones (excluding diaryl/α,β-unsaturated/α-hetero) is 1. The fraction of sp³-hybridized carbons (Fsp3) is 0.300. The van der Waals surface area contributed by atoms with E-state index in [2.05, 4.69) is 0 Å². The van der Waals surface area contributed by atoms with E-state index in [0.717, 1.165) is 27.2 Å². The molecule has 2 rings (SSSR count). The molecule has 0 saturated carbocycles. The molecule has 0 bridgehead atoms. The highest BCUT2D eigenvalue weighted by Crippen LogP contribution is 2.24. The molecule has 0 atom stereocenters. The molecule has 126 valence electrons. The number of aromatic nitrogens is 2. The third kappa shape index (κ3) is 4.02. The van der Waals surface area contributed by atoms with Crippen molar-refractivity contribution in [2.75, 3.05) is 0 Å². The van der Waals surface area contributed by atoms with E-state index in [1.54, 1.807) is 18.5 Å². The van der Waals surface area contributed by atoms with Gasteiger partial charge in [-0.15, -0.1) is 0 Å². The maximum atomic E-state index is 12.7. The Kier molecular flexibility index (Phi) is 5.74. The summed E-state index contributed by atoms with van der Waals surface area (Å²) in [6, 6.07) is 3.66. The standard InChI is InChI=1S/C20H25N2O2/c1-5-6-7-10-18-16(4)22(17-9-8-11-21(24)13-17)14-19(18)20(23)12-15(2)3/h5-11,13-15,24H,12H2,1-4H3/q+1/b6-5-,10-7-. The van der Waals surface area contributed by atoms with E-state index in [9.17, 15) is 10.0 Å². The van der Waals surface area contributed by atoms with Crippen LogP contribution in [-0.4, -0.2) is 15.6 Å². The Hall–Kier alpha value is -2.62. The molecule has 2 aromatic heterocycles. The second-order valence-electron chi connectivity index (χ2n) is 6.26. The van der Waals surface area contributed by atoms with Crippen molar-refractivity contribution in [1.29, 1.82) is 0 Å². The normalized spacial score (nSPS) is 11.9. The number of allylic oxidation sites excluding steroid dienone is 3. The number of nitrogens with zero attached hydrogens (tertiary/aromatic N) is 2. The van der Waals surface area contributed by atoms with Crippen LogP contribution in [0.2, 0.25) is 0 Å². The lowest BCUT2D eigenvalue weighted by molar-refractivity contribution is -0.904. The lowest BCUT2D eigenvalue weighted by atomic mass is 9.99. The van der Waals surface area contributed by atoms with Crippen molar-refractivity contribution < 1.29 is 14.7 Å². The van der Waals surface area contributed by atoms with E-state index in [4.69, 9.17) is 0 Å². The van der Waals surface area contributed by atoms with Gasteiger partial charge in [-0.2, -0.15) is 0 Å². The first-order valence-corrected chi connectivity index (χ1v) is 8.19. The molecule has 4 nitrogen and oxygen atoms in total. The van der Waals surface area contributed by atoms with Gasteiger partial charge in [0.15, 0.2) is 5.78 Å². The van der Waals surface area contributed by atoms with E-state index in [1.165, 1.54) is 0 Å². The van der Waals surface area contributed by atoms with Crippen LogP contribution >= 0.6 is 0 Å². The number of pyridine rings is 1. The monoisotopic (exact) mass is 325 g/mol. The van der Waals surface area contributed by atoms with Gasteiger partial charge in [0.2, 0.25) is 12.4 Å². The summed E-state index contributed by atoms with van der Waals surface area (Å²) in [5.41, 5.74) is 3.42. The summed E-state index contributed by atoms with van der Waals surface area (Å²) < 4.78 is 2.95. The van der Waals surface area contributed by atoms with Gasteiger partial charge in [0.1, 0.15) is 5.69 Å². The molecule has 0 saturated heterocycles. The van der Waals surface area contributed by atoms with Crippen molar-refractivity contribution in [3.8, 4) is 5.69 Å². The summed E-state index contributed by atoms with van der Waals surface area (Å²) in [6.45, 7) is 8.03. The van der Waals surface area contributed by atoms with Crippen LogP contribution in [0.4, 0.5) is 0 Å². The Labute approximate surface area is 143 Å². The molecule has 24 heavy (non-hydrogen) atoms. The second-order valence-corrected chi connectivity index (χ2v) is 6.26. The molecular weight excluding hydrogens is 300 g/mol. The molecule has 0 aliphatic heterocycles. The maximum Gasteiger partial charge on any atom is 0.246 e. The predicted octanol–water partition coefficient (Wildman–Crippen LogP) is 4.13. The van der Waals surface area contributed by atoms with Crippen molar-refractivity contribution in [2.24, 2.45) is 5.92 Å². The van der Waals surface area contributed by atoms with Crippen molar-refractivity contribution in [1.82, 2.24) is 4.57 Å². The summed E-state index contributed by atoms with van der Waals surface area (Å²) in [7, 11) is 0. The Morgan fingerprint density at radius 3 is 2.75 bits per heavy atom. The Morgan fingerprint density at radius 1 is 1.38 bits per heavy atom. The van der Waals surface area contributed by atoms with E-state index < -0.39 is 0 Å². The largest absolute Gasteiger partial charge is 0.315 e. The lowest BCUT2D eigenvalue weighted by Crippen LogP contribution is -2.29. The molecule has 0 fully saturated rings. The molecule has 0 aromatic carbocycles. The molecular formula is C20H25N2O2+. The summed E-state index contributed by atoms with van der Waals surface area (Å²) in [4.78, 5) is 12.7. The minimum atomic E-state index is 0.139. The SMILES string of the molecule is C/C=C\C=C/c1c(C(=O)CC(C)C)cn(-c2ccc[n+](O)c2)c1C. The van der Waals surface area contributed by atoms with Crippen LogP contribution < -0.4 is 4.73 Å². The molecule has 0 amide bonds. The van der Waals surface area contributed by atoms with Crippen molar-refractivity contribution >= 4 is 11.9 Å². The Bertz CT molecular complexity index is 783.